The first kappa shape index (κ1) is 10.2. The van der Waals surface area contributed by atoms with Crippen LogP contribution in [0.5, 0.6) is 5.75 Å². The lowest BCUT2D eigenvalue weighted by molar-refractivity contribution is 0.414. The average molecular weight is 231 g/mol. The van der Waals surface area contributed by atoms with Crippen molar-refractivity contribution in [2.75, 3.05) is 13.7 Å². The number of rotatable bonds is 2. The van der Waals surface area contributed by atoms with E-state index in [1.807, 2.05) is 6.20 Å². The molecule has 0 spiro atoms. The number of nitrogens with zero attached hydrogens (tertiary/aromatic N) is 4. The van der Waals surface area contributed by atoms with Gasteiger partial charge >= 0.3 is 0 Å². The highest BCUT2D eigenvalue weighted by atomic mass is 16.5. The van der Waals surface area contributed by atoms with Crippen LogP contribution in [-0.2, 0) is 13.0 Å². The van der Waals surface area contributed by atoms with Gasteiger partial charge in [-0.2, -0.15) is 5.10 Å². The predicted octanol–water partition coefficient (Wildman–Crippen LogP) is 0.317. The quantitative estimate of drug-likeness (QED) is 0.806. The van der Waals surface area contributed by atoms with E-state index in [0.717, 1.165) is 42.3 Å². The molecule has 2 aromatic heterocycles. The normalized spacial score (nSPS) is 14.4. The number of hydrogen-bond acceptors (Lipinski definition) is 5. The molecule has 0 atom stereocenters. The van der Waals surface area contributed by atoms with Crippen molar-refractivity contribution in [3.63, 3.8) is 0 Å². The second-order valence-corrected chi connectivity index (χ2v) is 3.87. The lowest BCUT2D eigenvalue weighted by Crippen LogP contribution is -2.26. The summed E-state index contributed by atoms with van der Waals surface area (Å²) in [7, 11) is 1.62. The Bertz CT molecular complexity index is 536. The highest BCUT2D eigenvalue weighted by Crippen LogP contribution is 2.19. The van der Waals surface area contributed by atoms with E-state index in [9.17, 15) is 0 Å². The molecule has 0 amide bonds. The minimum Gasteiger partial charge on any atom is -0.493 e. The van der Waals surface area contributed by atoms with Crippen molar-refractivity contribution in [3.05, 3.63) is 30.0 Å². The Morgan fingerprint density at radius 1 is 1.41 bits per heavy atom. The lowest BCUT2D eigenvalue weighted by atomic mass is 10.1. The van der Waals surface area contributed by atoms with Crippen LogP contribution in [0.25, 0.3) is 5.82 Å². The summed E-state index contributed by atoms with van der Waals surface area (Å²) in [5, 5.41) is 7.56. The Morgan fingerprint density at radius 3 is 3.18 bits per heavy atom. The molecular formula is C11H13N5O. The first-order chi connectivity index (χ1) is 8.38. The maximum atomic E-state index is 5.12. The first-order valence-corrected chi connectivity index (χ1v) is 5.51. The Hall–Kier alpha value is -1.95. The van der Waals surface area contributed by atoms with Crippen molar-refractivity contribution in [2.24, 2.45) is 0 Å². The average Bonchev–Trinajstić information content (AvgIpc) is 2.87. The molecule has 0 fully saturated rings. The molecule has 1 N–H and O–H groups in total. The Kier molecular flexibility index (Phi) is 2.49. The summed E-state index contributed by atoms with van der Waals surface area (Å²) in [5.41, 5.74) is 2.22. The van der Waals surface area contributed by atoms with Gasteiger partial charge in [-0.05, 0) is 0 Å². The van der Waals surface area contributed by atoms with Gasteiger partial charge in [-0.25, -0.2) is 14.6 Å². The molecule has 0 aromatic carbocycles. The molecule has 3 heterocycles. The van der Waals surface area contributed by atoms with Crippen LogP contribution in [0.3, 0.4) is 0 Å². The van der Waals surface area contributed by atoms with Crippen LogP contribution in [-0.4, -0.2) is 33.4 Å². The van der Waals surface area contributed by atoms with Gasteiger partial charge in [-0.1, -0.05) is 0 Å². The van der Waals surface area contributed by atoms with E-state index in [1.165, 1.54) is 0 Å². The van der Waals surface area contributed by atoms with Crippen LogP contribution in [0.2, 0.25) is 0 Å². The van der Waals surface area contributed by atoms with Gasteiger partial charge < -0.3 is 10.1 Å². The highest BCUT2D eigenvalue weighted by Gasteiger charge is 2.16. The molecule has 0 saturated heterocycles. The van der Waals surface area contributed by atoms with E-state index in [1.54, 1.807) is 24.3 Å². The Balaban J connectivity index is 2.07. The topological polar surface area (TPSA) is 64.9 Å². The summed E-state index contributed by atoms with van der Waals surface area (Å²) in [6.07, 6.45) is 6.01. The molecule has 1 aliphatic heterocycles. The minimum atomic E-state index is 0.723. The first-order valence-electron chi connectivity index (χ1n) is 5.51. The van der Waals surface area contributed by atoms with Crippen molar-refractivity contribution in [1.82, 2.24) is 25.1 Å². The molecule has 0 saturated carbocycles. The molecule has 17 heavy (non-hydrogen) atoms. The summed E-state index contributed by atoms with van der Waals surface area (Å²) in [6.45, 7) is 1.75. The summed E-state index contributed by atoms with van der Waals surface area (Å²) < 4.78 is 6.85. The SMILES string of the molecule is COc1cnn(-c2ncnc3c2CNCC3)c1. The van der Waals surface area contributed by atoms with E-state index in [-0.39, 0.29) is 0 Å². The molecule has 6 heteroatoms. The minimum absolute atomic E-state index is 0.723. The van der Waals surface area contributed by atoms with Gasteiger partial charge in [0.25, 0.3) is 0 Å². The van der Waals surface area contributed by atoms with E-state index in [0.29, 0.717) is 0 Å². The predicted molar refractivity (Wildman–Crippen MR) is 61.1 cm³/mol. The maximum Gasteiger partial charge on any atom is 0.161 e. The van der Waals surface area contributed by atoms with Crippen molar-refractivity contribution in [2.45, 2.75) is 13.0 Å². The standard InChI is InChI=1S/C11H13N5O/c1-17-8-4-15-16(6-8)11-9-5-12-3-2-10(9)13-7-14-11/h4,6-7,12H,2-3,5H2,1H3. The van der Waals surface area contributed by atoms with Crippen LogP contribution in [0.15, 0.2) is 18.7 Å². The monoisotopic (exact) mass is 231 g/mol. The van der Waals surface area contributed by atoms with Crippen molar-refractivity contribution >= 4 is 0 Å². The molecule has 0 bridgehead atoms. The molecule has 0 aliphatic carbocycles. The third-order valence-corrected chi connectivity index (χ3v) is 2.86. The van der Waals surface area contributed by atoms with Crippen LogP contribution in [0.1, 0.15) is 11.3 Å². The molecule has 3 rings (SSSR count). The Morgan fingerprint density at radius 2 is 2.35 bits per heavy atom. The van der Waals surface area contributed by atoms with Gasteiger partial charge in [-0.3, -0.25) is 0 Å². The van der Waals surface area contributed by atoms with Gasteiger partial charge in [0.05, 0.1) is 25.2 Å². The molecule has 6 nitrogen and oxygen atoms in total. The molecule has 88 valence electrons. The van der Waals surface area contributed by atoms with E-state index < -0.39 is 0 Å². The summed E-state index contributed by atoms with van der Waals surface area (Å²) in [6, 6.07) is 0. The van der Waals surface area contributed by atoms with Crippen LogP contribution in [0.4, 0.5) is 0 Å². The number of nitrogens with one attached hydrogen (secondary N) is 1. The maximum absolute atomic E-state index is 5.12. The van der Waals surface area contributed by atoms with Crippen molar-refractivity contribution in [3.8, 4) is 11.6 Å². The van der Waals surface area contributed by atoms with Gasteiger partial charge in [0, 0.05) is 25.1 Å². The fourth-order valence-electron chi connectivity index (χ4n) is 1.98. The number of aromatic nitrogens is 4. The van der Waals surface area contributed by atoms with Gasteiger partial charge in [0.2, 0.25) is 0 Å². The zero-order chi connectivity index (χ0) is 11.7. The van der Waals surface area contributed by atoms with Gasteiger partial charge in [0.1, 0.15) is 6.33 Å². The van der Waals surface area contributed by atoms with Crippen LogP contribution >= 0.6 is 0 Å². The zero-order valence-corrected chi connectivity index (χ0v) is 9.55. The lowest BCUT2D eigenvalue weighted by Gasteiger charge is -2.17. The molecular weight excluding hydrogens is 218 g/mol. The smallest absolute Gasteiger partial charge is 0.161 e. The third kappa shape index (κ3) is 1.76. The van der Waals surface area contributed by atoms with Gasteiger partial charge in [0.15, 0.2) is 11.6 Å². The number of ether oxygens (including phenoxy) is 1. The molecule has 0 radical (unpaired) electrons. The van der Waals surface area contributed by atoms with E-state index in [2.05, 4.69) is 20.4 Å². The second kappa shape index (κ2) is 4.14. The van der Waals surface area contributed by atoms with Crippen LogP contribution < -0.4 is 10.1 Å². The Labute approximate surface area is 98.7 Å². The largest absolute Gasteiger partial charge is 0.493 e. The highest BCUT2D eigenvalue weighted by molar-refractivity contribution is 5.38. The number of methoxy groups -OCH3 is 1. The zero-order valence-electron chi connectivity index (χ0n) is 9.55. The second-order valence-electron chi connectivity index (χ2n) is 3.87. The molecule has 1 aliphatic rings. The molecule has 0 unspecified atom stereocenters. The summed E-state index contributed by atoms with van der Waals surface area (Å²) in [5.74, 6) is 1.55. The van der Waals surface area contributed by atoms with Crippen molar-refractivity contribution in [1.29, 1.82) is 0 Å². The summed E-state index contributed by atoms with van der Waals surface area (Å²) in [4.78, 5) is 8.61. The van der Waals surface area contributed by atoms with Gasteiger partial charge in [-0.15, -0.1) is 0 Å². The summed E-state index contributed by atoms with van der Waals surface area (Å²) >= 11 is 0. The molecule has 2 aromatic rings. The fourth-order valence-corrected chi connectivity index (χ4v) is 1.98. The third-order valence-electron chi connectivity index (χ3n) is 2.86. The number of hydrogen-bond donors (Lipinski definition) is 1. The number of fused-ring (bicyclic) bond motifs is 1. The van der Waals surface area contributed by atoms with E-state index >= 15 is 0 Å². The van der Waals surface area contributed by atoms with Crippen molar-refractivity contribution < 1.29 is 4.74 Å². The fraction of sp³-hybridized carbons (Fsp3) is 0.364. The van der Waals surface area contributed by atoms with E-state index in [4.69, 9.17) is 4.74 Å². The van der Waals surface area contributed by atoms with Crippen LogP contribution in [0, 0.1) is 0 Å².